The molecule has 0 unspecified atom stereocenters. The van der Waals surface area contributed by atoms with Crippen LogP contribution in [0.3, 0.4) is 0 Å². The lowest BCUT2D eigenvalue weighted by Gasteiger charge is -2.09. The summed E-state index contributed by atoms with van der Waals surface area (Å²) in [5.41, 5.74) is 1.69. The largest absolute Gasteiger partial charge is 0.269 e. The topological polar surface area (TPSA) is 64.8 Å². The van der Waals surface area contributed by atoms with Crippen molar-refractivity contribution in [3.05, 3.63) is 64.8 Å². The summed E-state index contributed by atoms with van der Waals surface area (Å²) >= 11 is 5.99. The summed E-state index contributed by atoms with van der Waals surface area (Å²) in [4.78, 5) is 8.16. The molecule has 4 rings (SSSR count). The first-order chi connectivity index (χ1) is 12.3. The second-order valence-electron chi connectivity index (χ2n) is 6.04. The van der Waals surface area contributed by atoms with Crippen molar-refractivity contribution in [2.75, 3.05) is 0 Å². The lowest BCUT2D eigenvalue weighted by molar-refractivity contribution is 0.589. The molecule has 132 valence electrons. The third-order valence-corrected chi connectivity index (χ3v) is 6.27. The number of benzene rings is 1. The number of hydrogen-bond acceptors (Lipinski definition) is 4. The predicted molar refractivity (Wildman–Crippen MR) is 98.5 cm³/mol. The van der Waals surface area contributed by atoms with Gasteiger partial charge in [-0.1, -0.05) is 29.3 Å². The molecular weight excluding hydrogens is 377 g/mol. The first kappa shape index (κ1) is 16.9. The number of halogens is 2. The minimum absolute atomic E-state index is 0.112. The highest BCUT2D eigenvalue weighted by Crippen LogP contribution is 2.34. The normalized spacial score (nSPS) is 12.2. The molecule has 0 bridgehead atoms. The monoisotopic (exact) mass is 389 g/mol. The molecule has 0 radical (unpaired) electrons. The predicted octanol–water partition coefficient (Wildman–Crippen LogP) is 4.23. The van der Waals surface area contributed by atoms with E-state index in [2.05, 4.69) is 9.97 Å². The maximum Gasteiger partial charge on any atom is 0.269 e. The first-order valence-corrected chi connectivity index (χ1v) is 9.55. The maximum atomic E-state index is 14.1. The summed E-state index contributed by atoms with van der Waals surface area (Å²) in [5.74, 6) is -0.516. The van der Waals surface area contributed by atoms with E-state index in [1.54, 1.807) is 19.1 Å². The van der Waals surface area contributed by atoms with Crippen LogP contribution in [-0.4, -0.2) is 22.4 Å². The molecule has 0 saturated heterocycles. The molecule has 0 saturated carbocycles. The van der Waals surface area contributed by atoms with Gasteiger partial charge in [-0.15, -0.1) is 0 Å². The van der Waals surface area contributed by atoms with E-state index in [9.17, 15) is 12.8 Å². The van der Waals surface area contributed by atoms with E-state index in [4.69, 9.17) is 11.6 Å². The third-order valence-electron chi connectivity index (χ3n) is 4.35. The van der Waals surface area contributed by atoms with Crippen LogP contribution in [0.15, 0.2) is 47.6 Å². The smallest absolute Gasteiger partial charge is 0.242 e. The zero-order valence-electron chi connectivity index (χ0n) is 13.9. The molecule has 0 atom stereocenters. The third kappa shape index (κ3) is 2.39. The van der Waals surface area contributed by atoms with Crippen LogP contribution < -0.4 is 0 Å². The SMILES string of the molecule is Cc1ccc(S(=O)(=O)n2c3cnc(Cl)cc3c3c(C)c(F)cnc32)cc1. The Kier molecular flexibility index (Phi) is 3.75. The molecule has 3 aromatic heterocycles. The van der Waals surface area contributed by atoms with Gasteiger partial charge in [0.1, 0.15) is 11.0 Å². The molecule has 0 aliphatic carbocycles. The van der Waals surface area contributed by atoms with Gasteiger partial charge < -0.3 is 0 Å². The van der Waals surface area contributed by atoms with Crippen molar-refractivity contribution < 1.29 is 12.8 Å². The van der Waals surface area contributed by atoms with Gasteiger partial charge in [0.2, 0.25) is 0 Å². The van der Waals surface area contributed by atoms with Crippen LogP contribution >= 0.6 is 11.6 Å². The summed E-state index contributed by atoms with van der Waals surface area (Å²) in [6, 6.07) is 8.01. The van der Waals surface area contributed by atoms with Gasteiger partial charge in [-0.2, -0.15) is 0 Å². The maximum absolute atomic E-state index is 14.1. The second kappa shape index (κ2) is 5.75. The highest BCUT2D eigenvalue weighted by Gasteiger charge is 2.26. The van der Waals surface area contributed by atoms with Crippen molar-refractivity contribution in [2.24, 2.45) is 0 Å². The molecule has 5 nitrogen and oxygen atoms in total. The van der Waals surface area contributed by atoms with Crippen LogP contribution in [0.5, 0.6) is 0 Å². The molecule has 26 heavy (non-hydrogen) atoms. The van der Waals surface area contributed by atoms with E-state index >= 15 is 0 Å². The fourth-order valence-corrected chi connectivity index (χ4v) is 4.62. The quantitative estimate of drug-likeness (QED) is 0.481. The number of hydrogen-bond donors (Lipinski definition) is 0. The molecule has 0 spiro atoms. The molecule has 3 heterocycles. The van der Waals surface area contributed by atoms with Crippen LogP contribution in [0.2, 0.25) is 5.15 Å². The standard InChI is InChI=1S/C18H13ClFN3O2S/c1-10-3-5-12(6-4-10)26(24,25)23-15-9-21-16(19)7-13(15)17-11(2)14(20)8-22-18(17)23/h3-9H,1-2H3. The number of rotatable bonds is 2. The van der Waals surface area contributed by atoms with E-state index in [1.807, 2.05) is 6.92 Å². The molecule has 0 N–H and O–H groups in total. The summed E-state index contributed by atoms with van der Waals surface area (Å²) in [6.45, 7) is 3.45. The number of aryl methyl sites for hydroxylation is 2. The van der Waals surface area contributed by atoms with Gasteiger partial charge in [-0.25, -0.2) is 26.7 Å². The number of nitrogens with zero attached hydrogens (tertiary/aromatic N) is 3. The van der Waals surface area contributed by atoms with Crippen molar-refractivity contribution in [1.82, 2.24) is 13.9 Å². The minimum Gasteiger partial charge on any atom is -0.242 e. The van der Waals surface area contributed by atoms with Gasteiger partial charge in [-0.3, -0.25) is 0 Å². The summed E-state index contributed by atoms with van der Waals surface area (Å²) < 4.78 is 41.7. The number of fused-ring (bicyclic) bond motifs is 3. The van der Waals surface area contributed by atoms with Gasteiger partial charge in [0.05, 0.1) is 22.8 Å². The molecular formula is C18H13ClFN3O2S. The Bertz CT molecular complexity index is 1280. The van der Waals surface area contributed by atoms with E-state index in [0.29, 0.717) is 21.9 Å². The molecule has 0 aliphatic heterocycles. The van der Waals surface area contributed by atoms with E-state index in [1.165, 1.54) is 24.4 Å². The zero-order chi connectivity index (χ0) is 18.6. The highest BCUT2D eigenvalue weighted by molar-refractivity contribution is 7.90. The Balaban J connectivity index is 2.18. The average Bonchev–Trinajstić information content (AvgIpc) is 2.93. The van der Waals surface area contributed by atoms with Gasteiger partial charge in [0.25, 0.3) is 10.0 Å². The summed E-state index contributed by atoms with van der Waals surface area (Å²) in [6.07, 6.45) is 2.38. The molecule has 4 aromatic rings. The Morgan fingerprint density at radius 1 is 1.08 bits per heavy atom. The summed E-state index contributed by atoms with van der Waals surface area (Å²) in [7, 11) is -3.96. The lowest BCUT2D eigenvalue weighted by Crippen LogP contribution is -2.13. The average molecular weight is 390 g/mol. The minimum atomic E-state index is -3.96. The van der Waals surface area contributed by atoms with E-state index < -0.39 is 15.8 Å². The highest BCUT2D eigenvalue weighted by atomic mass is 35.5. The van der Waals surface area contributed by atoms with Crippen LogP contribution in [0.25, 0.3) is 21.9 Å². The van der Waals surface area contributed by atoms with Crippen molar-refractivity contribution in [2.45, 2.75) is 18.7 Å². The fraction of sp³-hybridized carbons (Fsp3) is 0.111. The molecule has 8 heteroatoms. The zero-order valence-corrected chi connectivity index (χ0v) is 15.4. The number of pyridine rings is 2. The van der Waals surface area contributed by atoms with Gasteiger partial charge in [0, 0.05) is 10.8 Å². The molecule has 0 aliphatic rings. The van der Waals surface area contributed by atoms with Crippen LogP contribution in [0.1, 0.15) is 11.1 Å². The Hall–Kier alpha value is -2.51. The lowest BCUT2D eigenvalue weighted by atomic mass is 10.1. The van der Waals surface area contributed by atoms with Crippen LogP contribution in [-0.2, 0) is 10.0 Å². The van der Waals surface area contributed by atoms with Crippen molar-refractivity contribution in [3.8, 4) is 0 Å². The van der Waals surface area contributed by atoms with Crippen molar-refractivity contribution in [3.63, 3.8) is 0 Å². The van der Waals surface area contributed by atoms with E-state index in [-0.39, 0.29) is 15.7 Å². The second-order valence-corrected chi connectivity index (χ2v) is 8.21. The Labute approximate surface area is 154 Å². The Morgan fingerprint density at radius 2 is 1.77 bits per heavy atom. The Morgan fingerprint density at radius 3 is 2.46 bits per heavy atom. The molecule has 1 aromatic carbocycles. The van der Waals surface area contributed by atoms with Crippen molar-refractivity contribution >= 4 is 43.6 Å². The van der Waals surface area contributed by atoms with Gasteiger partial charge in [-0.05, 0) is 37.6 Å². The van der Waals surface area contributed by atoms with E-state index in [0.717, 1.165) is 15.7 Å². The fourth-order valence-electron chi connectivity index (χ4n) is 3.00. The van der Waals surface area contributed by atoms with Crippen LogP contribution in [0, 0.1) is 19.7 Å². The van der Waals surface area contributed by atoms with Gasteiger partial charge in [0.15, 0.2) is 5.65 Å². The molecule has 0 fully saturated rings. The van der Waals surface area contributed by atoms with Crippen molar-refractivity contribution in [1.29, 1.82) is 0 Å². The summed E-state index contributed by atoms with van der Waals surface area (Å²) in [5, 5.41) is 1.08. The van der Waals surface area contributed by atoms with Gasteiger partial charge >= 0.3 is 0 Å². The molecule has 0 amide bonds. The van der Waals surface area contributed by atoms with Crippen LogP contribution in [0.4, 0.5) is 4.39 Å². The number of aromatic nitrogens is 3. The first-order valence-electron chi connectivity index (χ1n) is 7.73.